The molecule has 70 valence electrons. The monoisotopic (exact) mass is 167 g/mol. The van der Waals surface area contributed by atoms with Gasteiger partial charge in [-0.3, -0.25) is 0 Å². The Morgan fingerprint density at radius 2 is 1.92 bits per heavy atom. The molecule has 1 aliphatic heterocycles. The van der Waals surface area contributed by atoms with Gasteiger partial charge in [0.25, 0.3) is 0 Å². The van der Waals surface area contributed by atoms with Crippen LogP contribution in [-0.4, -0.2) is 24.5 Å². The largest absolute Gasteiger partial charge is 0.303 e. The molecule has 0 spiro atoms. The molecule has 1 saturated heterocycles. The van der Waals surface area contributed by atoms with Crippen LogP contribution in [0.4, 0.5) is 0 Å². The van der Waals surface area contributed by atoms with E-state index in [2.05, 4.69) is 18.7 Å². The van der Waals surface area contributed by atoms with Crippen molar-refractivity contribution in [3.05, 3.63) is 0 Å². The third-order valence-corrected chi connectivity index (χ3v) is 3.31. The van der Waals surface area contributed by atoms with Gasteiger partial charge in [-0.25, -0.2) is 0 Å². The van der Waals surface area contributed by atoms with Crippen molar-refractivity contribution >= 4 is 0 Å². The molecule has 1 saturated carbocycles. The van der Waals surface area contributed by atoms with Crippen molar-refractivity contribution in [1.82, 2.24) is 4.90 Å². The Hall–Kier alpha value is -0.0400. The lowest BCUT2D eigenvalue weighted by atomic mass is 9.93. The van der Waals surface area contributed by atoms with E-state index in [4.69, 9.17) is 0 Å². The summed E-state index contributed by atoms with van der Waals surface area (Å²) in [6, 6.07) is 0. The fraction of sp³-hybridized carbons (Fsp3) is 1.00. The van der Waals surface area contributed by atoms with Gasteiger partial charge in [-0.1, -0.05) is 13.8 Å². The predicted molar refractivity (Wildman–Crippen MR) is 52.2 cm³/mol. The molecule has 0 unspecified atom stereocenters. The van der Waals surface area contributed by atoms with Crippen LogP contribution in [0.5, 0.6) is 0 Å². The second-order valence-corrected chi connectivity index (χ2v) is 5.23. The Kier molecular flexibility index (Phi) is 2.16. The number of likely N-dealkylation sites (tertiary alicyclic amines) is 1. The lowest BCUT2D eigenvalue weighted by molar-refractivity contribution is 0.134. The molecular formula is C11H21N. The smallest absolute Gasteiger partial charge is 0.00381 e. The molecule has 0 aromatic heterocycles. The molecule has 0 atom stereocenters. The molecule has 0 N–H and O–H groups in total. The van der Waals surface area contributed by atoms with E-state index in [1.165, 1.54) is 45.3 Å². The Morgan fingerprint density at radius 1 is 1.25 bits per heavy atom. The Bertz CT molecular complexity index is 154. The van der Waals surface area contributed by atoms with E-state index in [0.717, 1.165) is 11.3 Å². The van der Waals surface area contributed by atoms with Gasteiger partial charge in [0, 0.05) is 6.54 Å². The van der Waals surface area contributed by atoms with Crippen LogP contribution in [0.1, 0.15) is 39.5 Å². The first-order valence-electron chi connectivity index (χ1n) is 5.43. The SMILES string of the molecule is CC(C)CC1(CN2CCC2)CC1. The molecule has 2 rings (SSSR count). The van der Waals surface area contributed by atoms with Crippen LogP contribution in [0.3, 0.4) is 0 Å². The lowest BCUT2D eigenvalue weighted by Crippen LogP contribution is -2.41. The van der Waals surface area contributed by atoms with E-state index < -0.39 is 0 Å². The summed E-state index contributed by atoms with van der Waals surface area (Å²) < 4.78 is 0. The topological polar surface area (TPSA) is 3.24 Å². The lowest BCUT2D eigenvalue weighted by Gasteiger charge is -2.34. The second-order valence-electron chi connectivity index (χ2n) is 5.23. The van der Waals surface area contributed by atoms with Crippen LogP contribution < -0.4 is 0 Å². The fourth-order valence-corrected chi connectivity index (χ4v) is 2.48. The Balaban J connectivity index is 1.76. The Morgan fingerprint density at radius 3 is 2.25 bits per heavy atom. The fourth-order valence-electron chi connectivity index (χ4n) is 2.48. The van der Waals surface area contributed by atoms with Gasteiger partial charge in [-0.15, -0.1) is 0 Å². The van der Waals surface area contributed by atoms with Crippen LogP contribution in [0.25, 0.3) is 0 Å². The molecule has 0 bridgehead atoms. The van der Waals surface area contributed by atoms with Crippen molar-refractivity contribution in [3.63, 3.8) is 0 Å². The highest BCUT2D eigenvalue weighted by Crippen LogP contribution is 2.51. The molecule has 12 heavy (non-hydrogen) atoms. The van der Waals surface area contributed by atoms with E-state index in [1.54, 1.807) is 0 Å². The summed E-state index contributed by atoms with van der Waals surface area (Å²) in [5.41, 5.74) is 0.772. The highest BCUT2D eigenvalue weighted by atomic mass is 15.2. The van der Waals surface area contributed by atoms with E-state index in [1.807, 2.05) is 0 Å². The number of nitrogens with zero attached hydrogens (tertiary/aromatic N) is 1. The van der Waals surface area contributed by atoms with E-state index in [-0.39, 0.29) is 0 Å². The third-order valence-electron chi connectivity index (χ3n) is 3.31. The summed E-state index contributed by atoms with van der Waals surface area (Å²) in [6.07, 6.45) is 5.91. The van der Waals surface area contributed by atoms with Gasteiger partial charge in [-0.2, -0.15) is 0 Å². The summed E-state index contributed by atoms with van der Waals surface area (Å²) in [6.45, 7) is 8.87. The molecule has 1 heterocycles. The predicted octanol–water partition coefficient (Wildman–Crippen LogP) is 2.52. The van der Waals surface area contributed by atoms with Gasteiger partial charge in [0.05, 0.1) is 0 Å². The van der Waals surface area contributed by atoms with Gasteiger partial charge in [-0.05, 0) is 50.1 Å². The third kappa shape index (κ3) is 1.82. The van der Waals surface area contributed by atoms with Crippen molar-refractivity contribution in [2.24, 2.45) is 11.3 Å². The quantitative estimate of drug-likeness (QED) is 0.622. The highest BCUT2D eigenvalue weighted by molar-refractivity contribution is 4.97. The molecule has 0 aromatic rings. The maximum atomic E-state index is 2.63. The zero-order valence-corrected chi connectivity index (χ0v) is 8.47. The van der Waals surface area contributed by atoms with E-state index in [0.29, 0.717) is 0 Å². The van der Waals surface area contributed by atoms with Crippen molar-refractivity contribution in [3.8, 4) is 0 Å². The standard InChI is InChI=1S/C11H21N/c1-10(2)8-11(4-5-11)9-12-6-3-7-12/h10H,3-9H2,1-2H3. The number of hydrogen-bond acceptors (Lipinski definition) is 1. The van der Waals surface area contributed by atoms with Crippen molar-refractivity contribution in [2.75, 3.05) is 19.6 Å². The van der Waals surface area contributed by atoms with E-state index in [9.17, 15) is 0 Å². The summed E-state index contributed by atoms with van der Waals surface area (Å²) in [5, 5.41) is 0. The molecule has 0 amide bonds. The molecule has 0 aromatic carbocycles. The van der Waals surface area contributed by atoms with E-state index >= 15 is 0 Å². The second kappa shape index (κ2) is 3.02. The van der Waals surface area contributed by atoms with Crippen molar-refractivity contribution < 1.29 is 0 Å². The first-order chi connectivity index (χ1) is 5.70. The van der Waals surface area contributed by atoms with Gasteiger partial charge in [0.15, 0.2) is 0 Å². The minimum Gasteiger partial charge on any atom is -0.303 e. The number of hydrogen-bond donors (Lipinski definition) is 0. The van der Waals surface area contributed by atoms with Crippen molar-refractivity contribution in [1.29, 1.82) is 0 Å². The molecule has 1 aliphatic carbocycles. The normalized spacial score (nSPS) is 27.2. The minimum atomic E-state index is 0.772. The molecule has 0 radical (unpaired) electrons. The molecule has 2 fully saturated rings. The van der Waals surface area contributed by atoms with Gasteiger partial charge >= 0.3 is 0 Å². The summed E-state index contributed by atoms with van der Waals surface area (Å²) in [5.74, 6) is 0.897. The summed E-state index contributed by atoms with van der Waals surface area (Å²) in [4.78, 5) is 2.63. The Labute approximate surface area is 76.1 Å². The first-order valence-corrected chi connectivity index (χ1v) is 5.43. The number of rotatable bonds is 4. The summed E-state index contributed by atoms with van der Waals surface area (Å²) >= 11 is 0. The summed E-state index contributed by atoms with van der Waals surface area (Å²) in [7, 11) is 0. The highest BCUT2D eigenvalue weighted by Gasteiger charge is 2.44. The molecular weight excluding hydrogens is 146 g/mol. The zero-order valence-electron chi connectivity index (χ0n) is 8.47. The van der Waals surface area contributed by atoms with Crippen LogP contribution in [-0.2, 0) is 0 Å². The average Bonchev–Trinajstić information content (AvgIpc) is 2.60. The van der Waals surface area contributed by atoms with Crippen molar-refractivity contribution in [2.45, 2.75) is 39.5 Å². The van der Waals surface area contributed by atoms with Crippen LogP contribution in [0.2, 0.25) is 0 Å². The maximum absolute atomic E-state index is 2.63. The van der Waals surface area contributed by atoms with Gasteiger partial charge in [0.2, 0.25) is 0 Å². The minimum absolute atomic E-state index is 0.772. The first kappa shape index (κ1) is 8.55. The zero-order chi connectivity index (χ0) is 8.60. The average molecular weight is 167 g/mol. The molecule has 1 heteroatoms. The molecule has 1 nitrogen and oxygen atoms in total. The van der Waals surface area contributed by atoms with Gasteiger partial charge in [0.1, 0.15) is 0 Å². The van der Waals surface area contributed by atoms with Crippen LogP contribution in [0, 0.1) is 11.3 Å². The maximum Gasteiger partial charge on any atom is 0.00381 e. The molecule has 2 aliphatic rings. The van der Waals surface area contributed by atoms with Crippen LogP contribution in [0.15, 0.2) is 0 Å². The van der Waals surface area contributed by atoms with Crippen LogP contribution >= 0.6 is 0 Å². The van der Waals surface area contributed by atoms with Gasteiger partial charge < -0.3 is 4.90 Å².